The van der Waals surface area contributed by atoms with Gasteiger partial charge in [-0.25, -0.2) is 0 Å². The molecule has 0 radical (unpaired) electrons. The van der Waals surface area contributed by atoms with Crippen LogP contribution in [0.5, 0.6) is 0 Å². The first-order valence-electron chi connectivity index (χ1n) is 5.53. The average Bonchev–Trinajstić information content (AvgIpc) is 2.71. The summed E-state index contributed by atoms with van der Waals surface area (Å²) in [5.41, 5.74) is 3.66. The summed E-state index contributed by atoms with van der Waals surface area (Å²) in [5.74, 6) is 0. The third kappa shape index (κ3) is 2.58. The van der Waals surface area contributed by atoms with Crippen molar-refractivity contribution < 1.29 is 0 Å². The summed E-state index contributed by atoms with van der Waals surface area (Å²) in [6.45, 7) is 2.10. The molecule has 0 aliphatic heterocycles. The second-order valence-corrected chi connectivity index (χ2v) is 5.05. The van der Waals surface area contributed by atoms with Crippen molar-refractivity contribution in [1.82, 2.24) is 15.1 Å². The van der Waals surface area contributed by atoms with E-state index in [1.807, 2.05) is 31.2 Å². The minimum Gasteiger partial charge on any atom is -0.309 e. The zero-order chi connectivity index (χ0) is 12.4. The van der Waals surface area contributed by atoms with Gasteiger partial charge in [-0.05, 0) is 25.6 Å². The van der Waals surface area contributed by atoms with Gasteiger partial charge in [-0.1, -0.05) is 33.6 Å². The molecule has 17 heavy (non-hydrogen) atoms. The maximum absolute atomic E-state index is 4.22. The number of rotatable bonds is 3. The molecule has 0 aliphatic rings. The standard InChI is InChI=1S/C13H16BrN3/c1-9-4-5-12(14)11(6-9)13(15-2)10-7-16-17(3)8-10/h4-8,13,15H,1-3H3. The van der Waals surface area contributed by atoms with E-state index in [1.54, 1.807) is 0 Å². The van der Waals surface area contributed by atoms with Crippen LogP contribution >= 0.6 is 15.9 Å². The van der Waals surface area contributed by atoms with E-state index in [0.29, 0.717) is 0 Å². The highest BCUT2D eigenvalue weighted by Crippen LogP contribution is 2.28. The fourth-order valence-electron chi connectivity index (χ4n) is 1.98. The normalized spacial score (nSPS) is 12.7. The summed E-state index contributed by atoms with van der Waals surface area (Å²) in [6, 6.07) is 6.55. The lowest BCUT2D eigenvalue weighted by Crippen LogP contribution is -2.17. The van der Waals surface area contributed by atoms with Crippen LogP contribution in [0.1, 0.15) is 22.7 Å². The SMILES string of the molecule is CNC(c1cnn(C)c1)c1cc(C)ccc1Br. The predicted octanol–water partition coefficient (Wildman–Crippen LogP) is 2.80. The molecule has 1 aromatic heterocycles. The number of nitrogens with zero attached hydrogens (tertiary/aromatic N) is 2. The molecule has 0 aliphatic carbocycles. The maximum Gasteiger partial charge on any atom is 0.0616 e. The Hall–Kier alpha value is -1.13. The van der Waals surface area contributed by atoms with Crippen LogP contribution in [0.4, 0.5) is 0 Å². The Morgan fingerprint density at radius 1 is 1.41 bits per heavy atom. The topological polar surface area (TPSA) is 29.9 Å². The van der Waals surface area contributed by atoms with E-state index in [2.05, 4.69) is 51.5 Å². The Kier molecular flexibility index (Phi) is 3.64. The van der Waals surface area contributed by atoms with E-state index in [4.69, 9.17) is 0 Å². The number of aryl methyl sites for hydroxylation is 2. The summed E-state index contributed by atoms with van der Waals surface area (Å²) in [6.07, 6.45) is 3.94. The predicted molar refractivity (Wildman–Crippen MR) is 73.0 cm³/mol. The molecule has 1 heterocycles. The first-order valence-corrected chi connectivity index (χ1v) is 6.33. The summed E-state index contributed by atoms with van der Waals surface area (Å²) in [7, 11) is 3.90. The van der Waals surface area contributed by atoms with E-state index in [9.17, 15) is 0 Å². The molecule has 0 amide bonds. The van der Waals surface area contributed by atoms with Gasteiger partial charge in [0.05, 0.1) is 12.2 Å². The molecule has 2 rings (SSSR count). The molecule has 1 unspecified atom stereocenters. The van der Waals surface area contributed by atoms with E-state index in [0.717, 1.165) is 4.47 Å². The molecule has 4 heteroatoms. The fourth-order valence-corrected chi connectivity index (χ4v) is 2.45. The van der Waals surface area contributed by atoms with E-state index >= 15 is 0 Å². The van der Waals surface area contributed by atoms with Crippen molar-refractivity contribution >= 4 is 15.9 Å². The van der Waals surface area contributed by atoms with Crippen LogP contribution in [0.2, 0.25) is 0 Å². The molecule has 0 spiro atoms. The second-order valence-electron chi connectivity index (χ2n) is 4.19. The van der Waals surface area contributed by atoms with Gasteiger partial charge in [0.15, 0.2) is 0 Å². The number of benzene rings is 1. The third-order valence-corrected chi connectivity index (χ3v) is 3.53. The number of nitrogens with one attached hydrogen (secondary N) is 1. The highest BCUT2D eigenvalue weighted by atomic mass is 79.9. The lowest BCUT2D eigenvalue weighted by Gasteiger charge is -2.17. The van der Waals surface area contributed by atoms with Gasteiger partial charge in [-0.15, -0.1) is 0 Å². The highest BCUT2D eigenvalue weighted by molar-refractivity contribution is 9.10. The second kappa shape index (κ2) is 5.02. The van der Waals surface area contributed by atoms with Crippen LogP contribution in [0.3, 0.4) is 0 Å². The molecule has 2 aromatic rings. The van der Waals surface area contributed by atoms with Crippen LogP contribution in [0, 0.1) is 6.92 Å². The summed E-state index contributed by atoms with van der Waals surface area (Å²) < 4.78 is 2.94. The molecule has 1 N–H and O–H groups in total. The van der Waals surface area contributed by atoms with Crippen molar-refractivity contribution in [2.75, 3.05) is 7.05 Å². The molecule has 1 atom stereocenters. The summed E-state index contributed by atoms with van der Waals surface area (Å²) in [5, 5.41) is 7.56. The Balaban J connectivity index is 2.45. The molecule has 0 saturated heterocycles. The molecule has 90 valence electrons. The molecule has 1 aromatic carbocycles. The molecule has 0 saturated carbocycles. The van der Waals surface area contributed by atoms with E-state index < -0.39 is 0 Å². The minimum atomic E-state index is 0.165. The van der Waals surface area contributed by atoms with E-state index in [1.165, 1.54) is 16.7 Å². The van der Waals surface area contributed by atoms with Gasteiger partial charge in [0, 0.05) is 23.3 Å². The Morgan fingerprint density at radius 2 is 2.18 bits per heavy atom. The third-order valence-electron chi connectivity index (χ3n) is 2.81. The molecular weight excluding hydrogens is 278 g/mol. The van der Waals surface area contributed by atoms with E-state index in [-0.39, 0.29) is 6.04 Å². The average molecular weight is 294 g/mol. The van der Waals surface area contributed by atoms with Crippen LogP contribution in [0.15, 0.2) is 35.1 Å². The van der Waals surface area contributed by atoms with Crippen molar-refractivity contribution in [3.05, 3.63) is 51.8 Å². The molecule has 3 nitrogen and oxygen atoms in total. The number of hydrogen-bond acceptors (Lipinski definition) is 2. The summed E-state index contributed by atoms with van der Waals surface area (Å²) in [4.78, 5) is 0. The van der Waals surface area contributed by atoms with Crippen LogP contribution in [0.25, 0.3) is 0 Å². The van der Waals surface area contributed by atoms with Crippen LogP contribution in [-0.2, 0) is 7.05 Å². The first kappa shape index (κ1) is 12.3. The lowest BCUT2D eigenvalue weighted by molar-refractivity contribution is 0.686. The van der Waals surface area contributed by atoms with Gasteiger partial charge in [0.25, 0.3) is 0 Å². The summed E-state index contributed by atoms with van der Waals surface area (Å²) >= 11 is 3.61. The van der Waals surface area contributed by atoms with Crippen molar-refractivity contribution in [2.24, 2.45) is 7.05 Å². The lowest BCUT2D eigenvalue weighted by atomic mass is 10.00. The van der Waals surface area contributed by atoms with Crippen molar-refractivity contribution in [1.29, 1.82) is 0 Å². The maximum atomic E-state index is 4.22. The smallest absolute Gasteiger partial charge is 0.0616 e. The molecular formula is C13H16BrN3. The molecule has 0 fully saturated rings. The van der Waals surface area contributed by atoms with Gasteiger partial charge in [0.2, 0.25) is 0 Å². The monoisotopic (exact) mass is 293 g/mol. The van der Waals surface area contributed by atoms with Gasteiger partial charge in [-0.2, -0.15) is 5.10 Å². The van der Waals surface area contributed by atoms with Crippen molar-refractivity contribution in [2.45, 2.75) is 13.0 Å². The van der Waals surface area contributed by atoms with Crippen LogP contribution < -0.4 is 5.32 Å². The molecule has 0 bridgehead atoms. The zero-order valence-corrected chi connectivity index (χ0v) is 11.8. The Bertz CT molecular complexity index is 519. The van der Waals surface area contributed by atoms with Gasteiger partial charge in [-0.3, -0.25) is 4.68 Å². The number of halogens is 1. The zero-order valence-electron chi connectivity index (χ0n) is 10.2. The highest BCUT2D eigenvalue weighted by Gasteiger charge is 2.16. The van der Waals surface area contributed by atoms with Crippen molar-refractivity contribution in [3.63, 3.8) is 0 Å². The Morgan fingerprint density at radius 3 is 2.76 bits per heavy atom. The minimum absolute atomic E-state index is 0.165. The van der Waals surface area contributed by atoms with Gasteiger partial charge < -0.3 is 5.32 Å². The first-order chi connectivity index (χ1) is 8.11. The van der Waals surface area contributed by atoms with Crippen molar-refractivity contribution in [3.8, 4) is 0 Å². The number of aromatic nitrogens is 2. The number of hydrogen-bond donors (Lipinski definition) is 1. The quantitative estimate of drug-likeness (QED) is 0.943. The Labute approximate surface area is 110 Å². The van der Waals surface area contributed by atoms with Crippen LogP contribution in [-0.4, -0.2) is 16.8 Å². The van der Waals surface area contributed by atoms with Gasteiger partial charge in [0.1, 0.15) is 0 Å². The largest absolute Gasteiger partial charge is 0.309 e. The van der Waals surface area contributed by atoms with Gasteiger partial charge >= 0.3 is 0 Å². The fraction of sp³-hybridized carbons (Fsp3) is 0.308.